The van der Waals surface area contributed by atoms with Gasteiger partial charge >= 0.3 is 0 Å². The second-order valence-corrected chi connectivity index (χ2v) is 3.59. The third-order valence-electron chi connectivity index (χ3n) is 1.32. The van der Waals surface area contributed by atoms with Gasteiger partial charge in [-0.2, -0.15) is 0 Å². The summed E-state index contributed by atoms with van der Waals surface area (Å²) in [6.07, 6.45) is 0.0426. The van der Waals surface area contributed by atoms with Crippen molar-refractivity contribution in [2.24, 2.45) is 0 Å². The van der Waals surface area contributed by atoms with Crippen LogP contribution in [0, 0.1) is 0 Å². The van der Waals surface area contributed by atoms with Crippen LogP contribution in [0.2, 0.25) is 4.34 Å². The van der Waals surface area contributed by atoms with E-state index in [-0.39, 0.29) is 6.42 Å². The molecule has 1 heterocycles. The van der Waals surface area contributed by atoms with Crippen LogP contribution in [-0.2, 0) is 4.79 Å². The van der Waals surface area contributed by atoms with Gasteiger partial charge in [0.05, 0.1) is 10.4 Å². The number of hydrogen-bond acceptors (Lipinski definition) is 3. The maximum absolute atomic E-state index is 10.0. The molecule has 0 aromatic carbocycles. The Bertz CT molecular complexity index is 246. The van der Waals surface area contributed by atoms with Gasteiger partial charge in [0.1, 0.15) is 6.29 Å². The number of aliphatic hydroxyl groups is 1. The molecule has 0 aliphatic carbocycles. The Balaban J connectivity index is 2.74. The number of hydrogen-bond donors (Lipinski definition) is 1. The average Bonchev–Trinajstić information content (AvgIpc) is 2.36. The molecule has 0 aliphatic heterocycles. The molecule has 0 fully saturated rings. The van der Waals surface area contributed by atoms with Gasteiger partial charge in [0.2, 0.25) is 0 Å². The zero-order chi connectivity index (χ0) is 8.27. The molecular formula is C7H7ClO2S. The lowest BCUT2D eigenvalue weighted by molar-refractivity contribution is -0.109. The number of rotatable bonds is 3. The molecule has 0 spiro atoms. The van der Waals surface area contributed by atoms with E-state index in [1.807, 2.05) is 0 Å². The summed E-state index contributed by atoms with van der Waals surface area (Å²) in [6, 6.07) is 1.72. The number of thiophene rings is 1. The van der Waals surface area contributed by atoms with Crippen LogP contribution in [0.25, 0.3) is 0 Å². The van der Waals surface area contributed by atoms with Crippen molar-refractivity contribution in [3.8, 4) is 0 Å². The van der Waals surface area contributed by atoms with Gasteiger partial charge in [0.15, 0.2) is 0 Å². The first kappa shape index (κ1) is 8.71. The third-order valence-corrected chi connectivity index (χ3v) is 2.52. The van der Waals surface area contributed by atoms with E-state index in [1.54, 1.807) is 11.4 Å². The van der Waals surface area contributed by atoms with Crippen molar-refractivity contribution in [2.45, 2.75) is 12.5 Å². The highest BCUT2D eigenvalue weighted by atomic mass is 35.5. The van der Waals surface area contributed by atoms with Gasteiger partial charge in [-0.05, 0) is 11.4 Å². The Morgan fingerprint density at radius 1 is 1.82 bits per heavy atom. The van der Waals surface area contributed by atoms with Gasteiger partial charge in [-0.1, -0.05) is 11.6 Å². The molecule has 0 saturated heterocycles. The second kappa shape index (κ2) is 3.85. The van der Waals surface area contributed by atoms with Gasteiger partial charge in [-0.3, -0.25) is 0 Å². The topological polar surface area (TPSA) is 37.3 Å². The minimum atomic E-state index is -0.744. The number of carbonyl (C=O) groups is 1. The molecule has 1 aromatic heterocycles. The summed E-state index contributed by atoms with van der Waals surface area (Å²) in [5.74, 6) is 0. The van der Waals surface area contributed by atoms with E-state index in [2.05, 4.69) is 0 Å². The van der Waals surface area contributed by atoms with Crippen LogP contribution in [0.4, 0.5) is 0 Å². The molecule has 0 radical (unpaired) electrons. The van der Waals surface area contributed by atoms with Gasteiger partial charge in [0.25, 0.3) is 0 Å². The van der Waals surface area contributed by atoms with Crippen LogP contribution >= 0.6 is 22.9 Å². The highest BCUT2D eigenvalue weighted by molar-refractivity contribution is 7.14. The third kappa shape index (κ3) is 2.02. The molecule has 60 valence electrons. The molecule has 1 atom stereocenters. The highest BCUT2D eigenvalue weighted by Gasteiger charge is 2.10. The van der Waals surface area contributed by atoms with Crippen LogP contribution in [0.1, 0.15) is 18.1 Å². The van der Waals surface area contributed by atoms with Crippen LogP contribution in [0.15, 0.2) is 11.4 Å². The molecule has 1 rings (SSSR count). The molecule has 0 bridgehead atoms. The van der Waals surface area contributed by atoms with Crippen molar-refractivity contribution in [1.29, 1.82) is 0 Å². The lowest BCUT2D eigenvalue weighted by Gasteiger charge is -2.03. The van der Waals surface area contributed by atoms with E-state index in [1.165, 1.54) is 11.3 Å². The van der Waals surface area contributed by atoms with Crippen LogP contribution in [-0.4, -0.2) is 11.4 Å². The minimum Gasteiger partial charge on any atom is -0.388 e. The first-order valence-electron chi connectivity index (χ1n) is 3.10. The molecule has 0 aliphatic rings. The zero-order valence-corrected chi connectivity index (χ0v) is 7.23. The summed E-state index contributed by atoms with van der Waals surface area (Å²) >= 11 is 7.06. The Morgan fingerprint density at radius 3 is 3.00 bits per heavy atom. The Labute approximate surface area is 73.4 Å². The smallest absolute Gasteiger partial charge is 0.122 e. The van der Waals surface area contributed by atoms with Gasteiger partial charge in [0, 0.05) is 12.0 Å². The maximum atomic E-state index is 10.0. The molecule has 11 heavy (non-hydrogen) atoms. The molecule has 1 unspecified atom stereocenters. The predicted molar refractivity (Wildman–Crippen MR) is 45.0 cm³/mol. The second-order valence-electron chi connectivity index (χ2n) is 2.07. The van der Waals surface area contributed by atoms with Crippen molar-refractivity contribution in [2.75, 3.05) is 0 Å². The number of aldehydes is 1. The van der Waals surface area contributed by atoms with Crippen molar-refractivity contribution in [1.82, 2.24) is 0 Å². The predicted octanol–water partition coefficient (Wildman–Crippen LogP) is 2.02. The summed E-state index contributed by atoms with van der Waals surface area (Å²) in [5.41, 5.74) is 0.642. The minimum absolute atomic E-state index is 0.108. The Hall–Kier alpha value is -0.380. The number of halogens is 1. The maximum Gasteiger partial charge on any atom is 0.122 e. The van der Waals surface area contributed by atoms with E-state index >= 15 is 0 Å². The first-order valence-corrected chi connectivity index (χ1v) is 4.36. The van der Waals surface area contributed by atoms with Crippen molar-refractivity contribution >= 4 is 29.2 Å². The molecule has 4 heteroatoms. The van der Waals surface area contributed by atoms with Gasteiger partial charge in [-0.15, -0.1) is 11.3 Å². The Kier molecular flexibility index (Phi) is 3.05. The lowest BCUT2D eigenvalue weighted by atomic mass is 10.1. The van der Waals surface area contributed by atoms with Crippen molar-refractivity contribution in [3.05, 3.63) is 21.3 Å². The van der Waals surface area contributed by atoms with E-state index < -0.39 is 6.10 Å². The molecular weight excluding hydrogens is 184 g/mol. The largest absolute Gasteiger partial charge is 0.388 e. The summed E-state index contributed by atoms with van der Waals surface area (Å²) < 4.78 is 0.555. The lowest BCUT2D eigenvalue weighted by Crippen LogP contribution is -1.95. The highest BCUT2D eigenvalue weighted by Crippen LogP contribution is 2.29. The average molecular weight is 191 g/mol. The Morgan fingerprint density at radius 2 is 2.55 bits per heavy atom. The fourth-order valence-electron chi connectivity index (χ4n) is 0.761. The normalized spacial score (nSPS) is 12.9. The van der Waals surface area contributed by atoms with E-state index in [0.717, 1.165) is 0 Å². The zero-order valence-electron chi connectivity index (χ0n) is 5.66. The van der Waals surface area contributed by atoms with Crippen molar-refractivity contribution in [3.63, 3.8) is 0 Å². The fraction of sp³-hybridized carbons (Fsp3) is 0.286. The van der Waals surface area contributed by atoms with Crippen LogP contribution < -0.4 is 0 Å². The van der Waals surface area contributed by atoms with Crippen molar-refractivity contribution < 1.29 is 9.90 Å². The van der Waals surface area contributed by atoms with Gasteiger partial charge < -0.3 is 9.90 Å². The molecule has 0 amide bonds. The quantitative estimate of drug-likeness (QED) is 0.741. The standard InChI is InChI=1S/C7H7ClO2S/c8-7-5(2-4-11-7)6(10)1-3-9/h2-4,6,10H,1H2. The molecule has 1 N–H and O–H groups in total. The number of aliphatic hydroxyl groups excluding tert-OH is 1. The van der Waals surface area contributed by atoms with E-state index in [0.29, 0.717) is 16.2 Å². The fourth-order valence-corrected chi connectivity index (χ4v) is 1.78. The van der Waals surface area contributed by atoms with Gasteiger partial charge in [-0.25, -0.2) is 0 Å². The van der Waals surface area contributed by atoms with E-state index in [4.69, 9.17) is 11.6 Å². The van der Waals surface area contributed by atoms with Crippen LogP contribution in [0.5, 0.6) is 0 Å². The summed E-state index contributed by atoms with van der Waals surface area (Å²) in [7, 11) is 0. The SMILES string of the molecule is O=CCC(O)c1ccsc1Cl. The van der Waals surface area contributed by atoms with E-state index in [9.17, 15) is 9.90 Å². The molecule has 0 saturated carbocycles. The summed E-state index contributed by atoms with van der Waals surface area (Å²) in [6.45, 7) is 0. The monoisotopic (exact) mass is 190 g/mol. The molecule has 1 aromatic rings. The first-order chi connectivity index (χ1) is 5.25. The molecule has 2 nitrogen and oxygen atoms in total. The van der Waals surface area contributed by atoms with Crippen LogP contribution in [0.3, 0.4) is 0 Å². The summed E-state index contributed by atoms with van der Waals surface area (Å²) in [4.78, 5) is 10.0. The summed E-state index contributed by atoms with van der Waals surface area (Å²) in [5, 5.41) is 11.1. The number of carbonyl (C=O) groups excluding carboxylic acids is 1.